The van der Waals surface area contributed by atoms with Gasteiger partial charge in [0.05, 0.1) is 19.6 Å². The highest BCUT2D eigenvalue weighted by atomic mass is 16.5. The van der Waals surface area contributed by atoms with Crippen molar-refractivity contribution in [3.8, 4) is 0 Å². The number of benzene rings is 4. The number of nitrogens with zero attached hydrogens (tertiary/aromatic N) is 4. The lowest BCUT2D eigenvalue weighted by atomic mass is 10.1. The van der Waals surface area contributed by atoms with Crippen molar-refractivity contribution in [1.29, 1.82) is 0 Å². The molecule has 1 aliphatic rings. The highest BCUT2D eigenvalue weighted by Crippen LogP contribution is 2.12. The number of rotatable bonds is 16. The van der Waals surface area contributed by atoms with Crippen LogP contribution in [0.4, 0.5) is 0 Å². The van der Waals surface area contributed by atoms with Crippen LogP contribution in [0.5, 0.6) is 0 Å². The summed E-state index contributed by atoms with van der Waals surface area (Å²) in [6.45, 7) is 10.9. The van der Waals surface area contributed by atoms with Gasteiger partial charge in [-0.3, -0.25) is 29.1 Å². The molecule has 1 atom stereocenters. The molecule has 0 bridgehead atoms. The fourth-order valence-electron chi connectivity index (χ4n) is 6.56. The topological polar surface area (TPSA) is 91.9 Å². The zero-order valence-corrected chi connectivity index (χ0v) is 33.5. The van der Waals surface area contributed by atoms with E-state index in [9.17, 15) is 14.4 Å². The lowest BCUT2D eigenvalue weighted by Gasteiger charge is -2.34. The molecule has 0 spiro atoms. The molecule has 10 nitrogen and oxygen atoms in total. The first kappa shape index (κ1) is 43.0. The fraction of sp³-hybridized carbons (Fsp3) is 0.383. The second-order valence-corrected chi connectivity index (χ2v) is 14.8. The molecule has 1 fully saturated rings. The van der Waals surface area contributed by atoms with Crippen molar-refractivity contribution >= 4 is 24.0 Å². The molecule has 1 unspecified atom stereocenters. The molecule has 4 aromatic carbocycles. The van der Waals surface area contributed by atoms with Crippen molar-refractivity contribution in [2.45, 2.75) is 33.7 Å². The molecule has 0 saturated carbocycles. The molecule has 0 amide bonds. The Kier molecular flexibility index (Phi) is 18.0. The number of hydrogen-bond acceptors (Lipinski definition) is 10. The standard InChI is InChI=1S/C47H58N4O6/c1-39-18-21-41(22-19-39)23-20-40(2)32-48-24-26-49(33-45(52)55-36-42-12-6-3-7-13-42)28-30-51(35-47(54)57-38-44-16-10-5-11-17-44)31-29-50(27-25-48)34-46(53)56-37-43-14-8-4-9-15-43/h3-23,40H,24-38H2,1-2H3/b23-20+. The zero-order valence-electron chi connectivity index (χ0n) is 33.5. The van der Waals surface area contributed by atoms with Gasteiger partial charge in [0.1, 0.15) is 19.8 Å². The highest BCUT2D eigenvalue weighted by molar-refractivity contribution is 5.72. The lowest BCUT2D eigenvalue weighted by molar-refractivity contribution is -0.148. The summed E-state index contributed by atoms with van der Waals surface area (Å²) in [5.41, 5.74) is 5.19. The average molecular weight is 775 g/mol. The molecule has 0 aromatic heterocycles. The molecule has 5 rings (SSSR count). The van der Waals surface area contributed by atoms with Gasteiger partial charge in [-0.25, -0.2) is 0 Å². The summed E-state index contributed by atoms with van der Waals surface area (Å²) in [5, 5.41) is 0. The van der Waals surface area contributed by atoms with Crippen LogP contribution in [0.1, 0.15) is 34.7 Å². The third-order valence-electron chi connectivity index (χ3n) is 9.96. The van der Waals surface area contributed by atoms with Crippen molar-refractivity contribution < 1.29 is 28.6 Å². The van der Waals surface area contributed by atoms with Gasteiger partial charge in [0.15, 0.2) is 0 Å². The molecule has 0 aliphatic carbocycles. The number of carbonyl (C=O) groups is 3. The number of aryl methyl sites for hydroxylation is 1. The first-order chi connectivity index (χ1) is 27.8. The molecule has 1 saturated heterocycles. The van der Waals surface area contributed by atoms with E-state index in [4.69, 9.17) is 14.2 Å². The molecule has 1 heterocycles. The second-order valence-electron chi connectivity index (χ2n) is 14.8. The summed E-state index contributed by atoms with van der Waals surface area (Å²) in [4.78, 5) is 48.3. The Labute approximate surface area is 338 Å². The van der Waals surface area contributed by atoms with Crippen LogP contribution in [-0.4, -0.2) is 116 Å². The van der Waals surface area contributed by atoms with Gasteiger partial charge in [0.2, 0.25) is 0 Å². The van der Waals surface area contributed by atoms with Gasteiger partial charge < -0.3 is 19.1 Å². The van der Waals surface area contributed by atoms with Crippen LogP contribution in [-0.2, 0) is 48.4 Å². The van der Waals surface area contributed by atoms with Crippen molar-refractivity contribution in [1.82, 2.24) is 19.6 Å². The maximum atomic E-state index is 13.2. The van der Waals surface area contributed by atoms with Crippen molar-refractivity contribution in [3.05, 3.63) is 149 Å². The maximum Gasteiger partial charge on any atom is 0.320 e. The zero-order chi connectivity index (χ0) is 40.1. The van der Waals surface area contributed by atoms with E-state index in [1.165, 1.54) is 5.56 Å². The molecule has 0 radical (unpaired) electrons. The van der Waals surface area contributed by atoms with Crippen LogP contribution < -0.4 is 0 Å². The van der Waals surface area contributed by atoms with E-state index in [2.05, 4.69) is 69.9 Å². The predicted molar refractivity (Wildman–Crippen MR) is 224 cm³/mol. The van der Waals surface area contributed by atoms with E-state index in [1.807, 2.05) is 91.0 Å². The van der Waals surface area contributed by atoms with Crippen LogP contribution in [0.25, 0.3) is 6.08 Å². The van der Waals surface area contributed by atoms with Crippen molar-refractivity contribution in [2.24, 2.45) is 5.92 Å². The minimum absolute atomic E-state index is 0.0857. The quantitative estimate of drug-likeness (QED) is 0.0984. The number of carbonyl (C=O) groups excluding carboxylic acids is 3. The molecular formula is C47H58N4O6. The van der Waals surface area contributed by atoms with E-state index in [0.717, 1.165) is 28.8 Å². The molecule has 302 valence electrons. The van der Waals surface area contributed by atoms with Crippen molar-refractivity contribution in [2.75, 3.05) is 78.5 Å². The van der Waals surface area contributed by atoms with Crippen LogP contribution in [0.3, 0.4) is 0 Å². The molecular weight excluding hydrogens is 717 g/mol. The van der Waals surface area contributed by atoms with Gasteiger partial charge in [0.25, 0.3) is 0 Å². The number of ether oxygens (including phenoxy) is 3. The van der Waals surface area contributed by atoms with Crippen LogP contribution in [0.15, 0.2) is 121 Å². The Balaban J connectivity index is 1.28. The predicted octanol–water partition coefficient (Wildman–Crippen LogP) is 6.10. The van der Waals surface area contributed by atoms with Crippen LogP contribution in [0, 0.1) is 12.8 Å². The minimum atomic E-state index is -0.326. The van der Waals surface area contributed by atoms with Crippen LogP contribution in [0.2, 0.25) is 0 Å². The maximum absolute atomic E-state index is 13.2. The van der Waals surface area contributed by atoms with E-state index in [0.29, 0.717) is 52.4 Å². The van der Waals surface area contributed by atoms with Gasteiger partial charge >= 0.3 is 17.9 Å². The first-order valence-electron chi connectivity index (χ1n) is 20.0. The molecule has 57 heavy (non-hydrogen) atoms. The Hall–Kier alpha value is -5.13. The first-order valence-corrected chi connectivity index (χ1v) is 20.0. The summed E-state index contributed by atoms with van der Waals surface area (Å²) in [7, 11) is 0. The Morgan fingerprint density at radius 1 is 0.509 bits per heavy atom. The summed E-state index contributed by atoms with van der Waals surface area (Å²) < 4.78 is 17.1. The fourth-order valence-corrected chi connectivity index (χ4v) is 6.56. The van der Waals surface area contributed by atoms with Crippen LogP contribution >= 0.6 is 0 Å². The highest BCUT2D eigenvalue weighted by Gasteiger charge is 2.22. The van der Waals surface area contributed by atoms with E-state index in [-0.39, 0.29) is 63.3 Å². The lowest BCUT2D eigenvalue weighted by Crippen LogP contribution is -2.49. The molecule has 1 aliphatic heterocycles. The monoisotopic (exact) mass is 774 g/mol. The largest absolute Gasteiger partial charge is 0.460 e. The molecule has 10 heteroatoms. The summed E-state index contributed by atoms with van der Waals surface area (Å²) in [5.74, 6) is -0.653. The normalized spacial score (nSPS) is 16.0. The smallest absolute Gasteiger partial charge is 0.320 e. The summed E-state index contributed by atoms with van der Waals surface area (Å²) in [6, 6.07) is 37.5. The SMILES string of the molecule is Cc1ccc(/C=C/C(C)CN2CCN(CC(=O)OCc3ccccc3)CCN(CC(=O)OCc3ccccc3)CCN(CC(=O)OCc3ccccc3)CC2)cc1. The Morgan fingerprint density at radius 3 is 1.19 bits per heavy atom. The third-order valence-corrected chi connectivity index (χ3v) is 9.96. The van der Waals surface area contributed by atoms with Gasteiger partial charge in [-0.05, 0) is 35.1 Å². The minimum Gasteiger partial charge on any atom is -0.460 e. The average Bonchev–Trinajstić information content (AvgIpc) is 3.23. The number of hydrogen-bond donors (Lipinski definition) is 0. The number of esters is 3. The van der Waals surface area contributed by atoms with E-state index >= 15 is 0 Å². The van der Waals surface area contributed by atoms with Gasteiger partial charge in [-0.1, -0.05) is 140 Å². The molecule has 4 aromatic rings. The van der Waals surface area contributed by atoms with Gasteiger partial charge in [0, 0.05) is 58.9 Å². The Morgan fingerprint density at radius 2 is 0.842 bits per heavy atom. The summed E-state index contributed by atoms with van der Waals surface area (Å²) in [6.07, 6.45) is 4.41. The molecule has 0 N–H and O–H groups in total. The van der Waals surface area contributed by atoms with Gasteiger partial charge in [-0.15, -0.1) is 0 Å². The summed E-state index contributed by atoms with van der Waals surface area (Å²) >= 11 is 0. The van der Waals surface area contributed by atoms with E-state index in [1.54, 1.807) is 0 Å². The van der Waals surface area contributed by atoms with E-state index < -0.39 is 0 Å². The third kappa shape index (κ3) is 16.9. The van der Waals surface area contributed by atoms with Gasteiger partial charge in [-0.2, -0.15) is 0 Å². The Bertz CT molecular complexity index is 1730. The second kappa shape index (κ2) is 23.8. The van der Waals surface area contributed by atoms with Crippen molar-refractivity contribution in [3.63, 3.8) is 0 Å².